The first-order chi connectivity index (χ1) is 16.0. The van der Waals surface area contributed by atoms with E-state index in [9.17, 15) is 13.2 Å². The van der Waals surface area contributed by atoms with E-state index in [1.165, 1.54) is 16.9 Å². The molecule has 0 aliphatic carbocycles. The largest absolute Gasteiger partial charge is 0.347 e. The molecule has 4 rings (SSSR count). The number of hydrogen-bond donors (Lipinski definition) is 1. The first-order valence-electron chi connectivity index (χ1n) is 11.2. The Kier molecular flexibility index (Phi) is 7.93. The smallest absolute Gasteiger partial charge is 0.252 e. The lowest BCUT2D eigenvalue weighted by Crippen LogP contribution is -2.48. The second kappa shape index (κ2) is 11.1. The van der Waals surface area contributed by atoms with Crippen molar-refractivity contribution in [1.82, 2.24) is 14.5 Å². The van der Waals surface area contributed by atoms with Gasteiger partial charge in [-0.3, -0.25) is 4.79 Å². The number of rotatable bonds is 9. The summed E-state index contributed by atoms with van der Waals surface area (Å²) in [5.74, 6) is -0.170. The zero-order valence-corrected chi connectivity index (χ0v) is 20.2. The highest BCUT2D eigenvalue weighted by molar-refractivity contribution is 7.91. The van der Waals surface area contributed by atoms with Gasteiger partial charge < -0.3 is 10.2 Å². The summed E-state index contributed by atoms with van der Waals surface area (Å²) in [6.07, 6.45) is 2.11. The number of sulfonamides is 1. The van der Waals surface area contributed by atoms with E-state index in [0.717, 1.165) is 37.4 Å². The summed E-state index contributed by atoms with van der Waals surface area (Å²) in [6, 6.07) is 22.9. The maximum absolute atomic E-state index is 13.1. The highest BCUT2D eigenvalue weighted by atomic mass is 32.2. The zero-order valence-electron chi connectivity index (χ0n) is 18.5. The number of amides is 1. The van der Waals surface area contributed by atoms with Crippen LogP contribution in [0.5, 0.6) is 0 Å². The molecule has 1 aliphatic rings. The van der Waals surface area contributed by atoms with E-state index < -0.39 is 10.0 Å². The van der Waals surface area contributed by atoms with Crippen molar-refractivity contribution in [2.24, 2.45) is 0 Å². The third-order valence-electron chi connectivity index (χ3n) is 5.80. The van der Waals surface area contributed by atoms with Crippen LogP contribution in [0.2, 0.25) is 0 Å². The monoisotopic (exact) mass is 483 g/mol. The van der Waals surface area contributed by atoms with Gasteiger partial charge in [-0.15, -0.1) is 11.3 Å². The Bertz CT molecular complexity index is 1140. The van der Waals surface area contributed by atoms with Crippen LogP contribution in [0, 0.1) is 0 Å². The summed E-state index contributed by atoms with van der Waals surface area (Å²) in [5.41, 5.74) is 1.93. The van der Waals surface area contributed by atoms with E-state index in [1.54, 1.807) is 28.6 Å². The third-order valence-corrected chi connectivity index (χ3v) is 9.26. The molecule has 1 aromatic heterocycles. The molecule has 0 radical (unpaired) electrons. The van der Waals surface area contributed by atoms with Gasteiger partial charge in [0.25, 0.3) is 15.9 Å². The molecular formula is C25H29N3O3S2. The Balaban J connectivity index is 1.25. The molecule has 1 saturated heterocycles. The van der Waals surface area contributed by atoms with Crippen molar-refractivity contribution in [2.45, 2.75) is 23.6 Å². The number of nitrogens with zero attached hydrogens (tertiary/aromatic N) is 2. The minimum Gasteiger partial charge on any atom is -0.347 e. The number of thiophene rings is 1. The molecule has 1 amide bonds. The van der Waals surface area contributed by atoms with Gasteiger partial charge in [0.05, 0.1) is 6.54 Å². The predicted octanol–water partition coefficient (Wildman–Crippen LogP) is 3.62. The average Bonchev–Trinajstić information content (AvgIpc) is 3.34. The van der Waals surface area contributed by atoms with Gasteiger partial charge in [-0.1, -0.05) is 48.5 Å². The Morgan fingerprint density at radius 1 is 0.879 bits per heavy atom. The fourth-order valence-electron chi connectivity index (χ4n) is 3.92. The molecule has 1 N–H and O–H groups in total. The fraction of sp³-hybridized carbons (Fsp3) is 0.320. The Labute approximate surface area is 199 Å². The number of nitrogens with one attached hydrogen (secondary N) is 1. The number of aryl methyl sites for hydroxylation is 1. The third kappa shape index (κ3) is 6.29. The second-order valence-corrected chi connectivity index (χ2v) is 11.4. The van der Waals surface area contributed by atoms with E-state index in [-0.39, 0.29) is 5.91 Å². The Morgan fingerprint density at radius 2 is 1.55 bits per heavy atom. The van der Waals surface area contributed by atoms with E-state index in [0.29, 0.717) is 29.4 Å². The molecule has 0 atom stereocenters. The first-order valence-corrected chi connectivity index (χ1v) is 13.5. The van der Waals surface area contributed by atoms with Crippen LogP contribution < -0.4 is 5.32 Å². The number of piperazine rings is 1. The molecule has 33 heavy (non-hydrogen) atoms. The molecule has 0 saturated carbocycles. The lowest BCUT2D eigenvalue weighted by atomic mass is 10.1. The topological polar surface area (TPSA) is 69.7 Å². The van der Waals surface area contributed by atoms with Crippen molar-refractivity contribution < 1.29 is 13.2 Å². The molecule has 2 heterocycles. The number of benzene rings is 2. The number of hydrogen-bond acceptors (Lipinski definition) is 5. The van der Waals surface area contributed by atoms with Crippen LogP contribution in [0.15, 0.2) is 77.0 Å². The van der Waals surface area contributed by atoms with E-state index in [4.69, 9.17) is 0 Å². The molecule has 2 aromatic carbocycles. The van der Waals surface area contributed by atoms with Crippen molar-refractivity contribution in [2.75, 3.05) is 32.7 Å². The maximum atomic E-state index is 13.1. The Hall–Kier alpha value is -2.52. The quantitative estimate of drug-likeness (QED) is 0.505. The van der Waals surface area contributed by atoms with Crippen LogP contribution >= 0.6 is 11.3 Å². The van der Waals surface area contributed by atoms with Crippen LogP contribution in [0.1, 0.15) is 27.2 Å². The minimum atomic E-state index is -3.51. The van der Waals surface area contributed by atoms with Gasteiger partial charge in [0.1, 0.15) is 4.21 Å². The molecule has 174 valence electrons. The van der Waals surface area contributed by atoms with Gasteiger partial charge >= 0.3 is 0 Å². The van der Waals surface area contributed by atoms with Gasteiger partial charge in [-0.25, -0.2) is 8.42 Å². The molecule has 0 bridgehead atoms. The molecule has 0 spiro atoms. The summed E-state index contributed by atoms with van der Waals surface area (Å²) < 4.78 is 28.1. The van der Waals surface area contributed by atoms with Gasteiger partial charge in [0.15, 0.2) is 0 Å². The lowest BCUT2D eigenvalue weighted by molar-refractivity contribution is 0.0951. The van der Waals surface area contributed by atoms with Gasteiger partial charge in [-0.2, -0.15) is 4.31 Å². The van der Waals surface area contributed by atoms with E-state index in [2.05, 4.69) is 34.5 Å². The maximum Gasteiger partial charge on any atom is 0.252 e. The van der Waals surface area contributed by atoms with Crippen LogP contribution in [0.25, 0.3) is 0 Å². The normalized spacial score (nSPS) is 15.4. The molecule has 6 nitrogen and oxygen atoms in total. The zero-order chi connectivity index (χ0) is 23.1. The van der Waals surface area contributed by atoms with Crippen LogP contribution in [-0.4, -0.2) is 56.3 Å². The SMILES string of the molecule is O=C(NCc1ccc(S(=O)(=O)N2CCN(CCCc3ccccc3)CC2)s1)c1ccccc1. The average molecular weight is 484 g/mol. The van der Waals surface area contributed by atoms with Crippen LogP contribution in [0.3, 0.4) is 0 Å². The van der Waals surface area contributed by atoms with Gasteiger partial charge in [0.2, 0.25) is 0 Å². The number of carbonyl (C=O) groups is 1. The van der Waals surface area contributed by atoms with Crippen molar-refractivity contribution >= 4 is 27.3 Å². The molecular weight excluding hydrogens is 454 g/mol. The molecule has 0 unspecified atom stereocenters. The van der Waals surface area contributed by atoms with Crippen molar-refractivity contribution in [3.05, 3.63) is 88.8 Å². The molecule has 3 aromatic rings. The molecule has 1 aliphatic heterocycles. The number of carbonyl (C=O) groups excluding carboxylic acids is 1. The lowest BCUT2D eigenvalue weighted by Gasteiger charge is -2.33. The summed E-state index contributed by atoms with van der Waals surface area (Å²) in [6.45, 7) is 3.80. The summed E-state index contributed by atoms with van der Waals surface area (Å²) >= 11 is 1.22. The minimum absolute atomic E-state index is 0.170. The van der Waals surface area contributed by atoms with E-state index >= 15 is 0 Å². The summed E-state index contributed by atoms with van der Waals surface area (Å²) in [7, 11) is -3.51. The summed E-state index contributed by atoms with van der Waals surface area (Å²) in [5, 5.41) is 2.85. The highest BCUT2D eigenvalue weighted by Crippen LogP contribution is 2.26. The van der Waals surface area contributed by atoms with Gasteiger partial charge in [-0.05, 0) is 49.2 Å². The van der Waals surface area contributed by atoms with E-state index in [1.807, 2.05) is 24.3 Å². The van der Waals surface area contributed by atoms with Crippen LogP contribution in [-0.2, 0) is 23.0 Å². The second-order valence-electron chi connectivity index (χ2n) is 8.10. The van der Waals surface area contributed by atoms with Crippen LogP contribution in [0.4, 0.5) is 0 Å². The highest BCUT2D eigenvalue weighted by Gasteiger charge is 2.29. The standard InChI is InChI=1S/C25H29N3O3S2/c29-25(22-11-5-2-6-12-22)26-20-23-13-14-24(32-23)33(30,31)28-18-16-27(17-19-28)15-7-10-21-8-3-1-4-9-21/h1-6,8-9,11-14H,7,10,15-20H2,(H,26,29). The Morgan fingerprint density at radius 3 is 2.24 bits per heavy atom. The van der Waals surface area contributed by atoms with Crippen molar-refractivity contribution in [3.8, 4) is 0 Å². The van der Waals surface area contributed by atoms with Gasteiger partial charge in [0, 0.05) is 36.6 Å². The predicted molar refractivity (Wildman–Crippen MR) is 132 cm³/mol. The fourth-order valence-corrected chi connectivity index (χ4v) is 6.80. The van der Waals surface area contributed by atoms with Crippen molar-refractivity contribution in [1.29, 1.82) is 0 Å². The first kappa shape index (κ1) is 23.6. The molecule has 8 heteroatoms. The van der Waals surface area contributed by atoms with Crippen molar-refractivity contribution in [3.63, 3.8) is 0 Å². The summed E-state index contributed by atoms with van der Waals surface area (Å²) in [4.78, 5) is 15.4. The molecule has 1 fully saturated rings.